The number of anilines is 1. The number of methoxy groups -OCH3 is 1. The van der Waals surface area contributed by atoms with Gasteiger partial charge in [-0.05, 0) is 74.4 Å². The molecule has 0 heterocycles. The van der Waals surface area contributed by atoms with E-state index < -0.39 is 42.2 Å². The summed E-state index contributed by atoms with van der Waals surface area (Å²) in [6.45, 7) is 4.35. The van der Waals surface area contributed by atoms with Gasteiger partial charge in [-0.3, -0.25) is 9.59 Å². The van der Waals surface area contributed by atoms with Crippen LogP contribution in [0.3, 0.4) is 0 Å². The maximum Gasteiger partial charge on any atom is 0.408 e. The molecule has 0 aromatic heterocycles. The van der Waals surface area contributed by atoms with E-state index in [0.717, 1.165) is 0 Å². The Balaban J connectivity index is 2.07. The van der Waals surface area contributed by atoms with Crippen molar-refractivity contribution >= 4 is 23.6 Å². The molecule has 0 bridgehead atoms. The summed E-state index contributed by atoms with van der Waals surface area (Å²) in [4.78, 5) is 42.3. The number of carbonyl (C=O) groups is 3. The van der Waals surface area contributed by atoms with Crippen LogP contribution in [0.5, 0.6) is 11.5 Å². The maximum absolute atomic E-state index is 14.3. The summed E-state index contributed by atoms with van der Waals surface area (Å²) in [5.74, 6) is 1.95. The molecular formula is C33H37N3O7. The van der Waals surface area contributed by atoms with E-state index in [4.69, 9.17) is 15.9 Å². The summed E-state index contributed by atoms with van der Waals surface area (Å²) in [7, 11) is 1.53. The number of alkyl carbamates (subject to hydrolysis) is 1. The Morgan fingerprint density at radius 2 is 1.65 bits per heavy atom. The van der Waals surface area contributed by atoms with Gasteiger partial charge in [-0.1, -0.05) is 36.3 Å². The van der Waals surface area contributed by atoms with E-state index in [0.29, 0.717) is 28.1 Å². The van der Waals surface area contributed by atoms with Gasteiger partial charge in [0.25, 0.3) is 5.91 Å². The van der Waals surface area contributed by atoms with Crippen LogP contribution in [-0.4, -0.2) is 64.9 Å². The minimum atomic E-state index is -1.28. The number of hydrogen-bond acceptors (Lipinski definition) is 7. The summed E-state index contributed by atoms with van der Waals surface area (Å²) >= 11 is 0. The van der Waals surface area contributed by atoms with E-state index >= 15 is 0 Å². The molecule has 2 atom stereocenters. The number of aliphatic hydroxyl groups excluding tert-OH is 1. The molecule has 0 spiro atoms. The van der Waals surface area contributed by atoms with Gasteiger partial charge in [-0.2, -0.15) is 0 Å². The van der Waals surface area contributed by atoms with Crippen LogP contribution < -0.4 is 15.4 Å². The minimum absolute atomic E-state index is 0.00386. The highest BCUT2D eigenvalue weighted by Crippen LogP contribution is 2.28. The number of rotatable bonds is 11. The molecule has 3 amide bonds. The molecule has 4 N–H and O–H groups in total. The number of amides is 3. The average Bonchev–Trinajstić information content (AvgIpc) is 2.97. The van der Waals surface area contributed by atoms with E-state index in [9.17, 15) is 24.6 Å². The van der Waals surface area contributed by atoms with Crippen LogP contribution in [-0.2, 0) is 20.7 Å². The second kappa shape index (κ2) is 14.8. The fourth-order valence-corrected chi connectivity index (χ4v) is 4.39. The molecule has 226 valence electrons. The zero-order chi connectivity index (χ0) is 31.6. The Labute approximate surface area is 251 Å². The lowest BCUT2D eigenvalue weighted by atomic mass is 9.96. The van der Waals surface area contributed by atoms with Gasteiger partial charge in [0, 0.05) is 24.2 Å². The zero-order valence-corrected chi connectivity index (χ0v) is 24.7. The van der Waals surface area contributed by atoms with Crippen LogP contribution in [0.4, 0.5) is 10.5 Å². The standard InChI is InChI=1S/C33H37N3O7/c1-6-23-9-7-8-10-27(23)29(30(39)34-24-13-17-26(42-5)18-14-24)36(19-20-37)31(40)28(35-32(41)43-33(2,3)4)21-22-11-15-25(38)16-12-22/h1,7-18,28-29,37-38H,19-21H2,2-5H3,(H,34,39)(H,35,41). The highest BCUT2D eigenvalue weighted by molar-refractivity contribution is 5.99. The number of phenols is 1. The third-order valence-corrected chi connectivity index (χ3v) is 6.32. The second-order valence-electron chi connectivity index (χ2n) is 10.7. The van der Waals surface area contributed by atoms with Crippen LogP contribution >= 0.6 is 0 Å². The monoisotopic (exact) mass is 587 g/mol. The number of nitrogens with zero attached hydrogens (tertiary/aromatic N) is 1. The summed E-state index contributed by atoms with van der Waals surface area (Å²) in [5.41, 5.74) is 0.965. The van der Waals surface area contributed by atoms with Crippen LogP contribution in [0.15, 0.2) is 72.8 Å². The van der Waals surface area contributed by atoms with Crippen molar-refractivity contribution in [2.24, 2.45) is 0 Å². The molecule has 43 heavy (non-hydrogen) atoms. The van der Waals surface area contributed by atoms with Crippen LogP contribution in [0.2, 0.25) is 0 Å². The van der Waals surface area contributed by atoms with Gasteiger partial charge < -0.3 is 35.2 Å². The first-order valence-corrected chi connectivity index (χ1v) is 13.6. The van der Waals surface area contributed by atoms with Gasteiger partial charge in [0.05, 0.1) is 13.7 Å². The molecule has 2 unspecified atom stereocenters. The summed E-state index contributed by atoms with van der Waals surface area (Å²) in [5, 5.41) is 25.2. The smallest absolute Gasteiger partial charge is 0.408 e. The molecule has 3 rings (SSSR count). The van der Waals surface area contributed by atoms with Crippen molar-refractivity contribution in [1.82, 2.24) is 10.2 Å². The number of phenolic OH excluding ortho intramolecular Hbond substituents is 1. The van der Waals surface area contributed by atoms with Crippen molar-refractivity contribution in [1.29, 1.82) is 0 Å². The molecule has 0 fully saturated rings. The largest absolute Gasteiger partial charge is 0.508 e. The minimum Gasteiger partial charge on any atom is -0.508 e. The topological polar surface area (TPSA) is 137 Å². The van der Waals surface area contributed by atoms with Gasteiger partial charge in [-0.15, -0.1) is 6.42 Å². The number of aliphatic hydroxyl groups is 1. The predicted octanol–water partition coefficient (Wildman–Crippen LogP) is 4.02. The number of hydrogen-bond donors (Lipinski definition) is 4. The summed E-state index contributed by atoms with van der Waals surface area (Å²) < 4.78 is 10.6. The first-order chi connectivity index (χ1) is 20.4. The van der Waals surface area contributed by atoms with Crippen molar-refractivity contribution in [2.75, 3.05) is 25.6 Å². The molecule has 0 saturated carbocycles. The number of ether oxygens (including phenoxy) is 2. The van der Waals surface area contributed by atoms with Crippen molar-refractivity contribution in [3.05, 3.63) is 89.5 Å². The van der Waals surface area contributed by atoms with E-state index in [1.807, 2.05) is 0 Å². The van der Waals surface area contributed by atoms with Gasteiger partial charge >= 0.3 is 6.09 Å². The van der Waals surface area contributed by atoms with E-state index in [1.165, 1.54) is 24.1 Å². The number of carbonyl (C=O) groups excluding carboxylic acids is 3. The van der Waals surface area contributed by atoms with Gasteiger partial charge in [-0.25, -0.2) is 4.79 Å². The Bertz CT molecular complexity index is 1440. The highest BCUT2D eigenvalue weighted by atomic mass is 16.6. The van der Waals surface area contributed by atoms with Gasteiger partial charge in [0.15, 0.2) is 0 Å². The van der Waals surface area contributed by atoms with Crippen molar-refractivity contribution in [2.45, 2.75) is 44.9 Å². The first-order valence-electron chi connectivity index (χ1n) is 13.6. The third kappa shape index (κ3) is 9.24. The fraction of sp³-hybridized carbons (Fsp3) is 0.303. The van der Waals surface area contributed by atoms with Crippen molar-refractivity contribution in [3.8, 4) is 23.8 Å². The quantitative estimate of drug-likeness (QED) is 0.249. The zero-order valence-electron chi connectivity index (χ0n) is 24.7. The maximum atomic E-state index is 14.3. The van der Waals surface area contributed by atoms with E-state index in [1.54, 1.807) is 81.4 Å². The summed E-state index contributed by atoms with van der Waals surface area (Å²) in [6.07, 6.45) is 4.95. The molecule has 10 heteroatoms. The normalized spacial score (nSPS) is 12.3. The molecule has 3 aromatic rings. The Hall–Kier alpha value is -5.01. The van der Waals surface area contributed by atoms with Crippen molar-refractivity contribution < 1.29 is 34.1 Å². The van der Waals surface area contributed by atoms with Crippen molar-refractivity contribution in [3.63, 3.8) is 0 Å². The molecule has 0 aliphatic rings. The van der Waals surface area contributed by atoms with Gasteiger partial charge in [0.2, 0.25) is 5.91 Å². The first kappa shape index (κ1) is 32.5. The number of benzene rings is 3. The Morgan fingerprint density at radius 1 is 1.00 bits per heavy atom. The SMILES string of the molecule is C#Cc1ccccc1C(C(=O)Nc1ccc(OC)cc1)N(CCO)C(=O)C(Cc1ccc(O)cc1)NC(=O)OC(C)(C)C. The fourth-order valence-electron chi connectivity index (χ4n) is 4.39. The second-order valence-corrected chi connectivity index (χ2v) is 10.7. The molecule has 0 aliphatic carbocycles. The predicted molar refractivity (Wildman–Crippen MR) is 163 cm³/mol. The Morgan fingerprint density at radius 3 is 2.23 bits per heavy atom. The van der Waals surface area contributed by atoms with Crippen LogP contribution in [0.25, 0.3) is 0 Å². The van der Waals surface area contributed by atoms with Gasteiger partial charge in [0.1, 0.15) is 29.2 Å². The molecule has 0 saturated heterocycles. The molecule has 0 radical (unpaired) electrons. The van der Waals surface area contributed by atoms with Crippen LogP contribution in [0.1, 0.15) is 43.5 Å². The summed E-state index contributed by atoms with van der Waals surface area (Å²) in [6, 6.07) is 17.0. The van der Waals surface area contributed by atoms with E-state index in [-0.39, 0.29) is 18.7 Å². The lowest BCUT2D eigenvalue weighted by Crippen LogP contribution is -2.54. The number of aromatic hydroxyl groups is 1. The lowest BCUT2D eigenvalue weighted by Gasteiger charge is -2.34. The number of nitrogens with one attached hydrogen (secondary N) is 2. The lowest BCUT2D eigenvalue weighted by molar-refractivity contribution is -0.141. The van der Waals surface area contributed by atoms with Crippen LogP contribution in [0, 0.1) is 12.3 Å². The molecule has 0 aliphatic heterocycles. The highest BCUT2D eigenvalue weighted by Gasteiger charge is 2.37. The average molecular weight is 588 g/mol. The Kier molecular flexibility index (Phi) is 11.2. The molecular weight excluding hydrogens is 550 g/mol. The van der Waals surface area contributed by atoms with E-state index in [2.05, 4.69) is 16.6 Å². The molecule has 10 nitrogen and oxygen atoms in total. The number of terminal acetylenes is 1. The molecule has 3 aromatic carbocycles. The third-order valence-electron chi connectivity index (χ3n) is 6.32.